The molecule has 0 aliphatic carbocycles. The number of hydrogen-bond acceptors (Lipinski definition) is 2. The summed E-state index contributed by atoms with van der Waals surface area (Å²) >= 11 is 0. The summed E-state index contributed by atoms with van der Waals surface area (Å²) in [5, 5.41) is 16.8. The molecule has 8 rings (SSSR count). The molecule has 0 aliphatic rings. The molecule has 0 saturated heterocycles. The van der Waals surface area contributed by atoms with Crippen LogP contribution in [-0.2, 0) is 74.1 Å². The topological polar surface area (TPSA) is 47.6 Å². The monoisotopic (exact) mass is 1640 g/mol. The van der Waals surface area contributed by atoms with Crippen molar-refractivity contribution < 1.29 is 167 Å². The fourth-order valence-electron chi connectivity index (χ4n) is 8.30. The molecule has 0 aromatic heterocycles. The molecular weight excluding hydrogens is 1590 g/mol. The van der Waals surface area contributed by atoms with Gasteiger partial charge in [-0.1, -0.05) is 54.6 Å². The van der Waals surface area contributed by atoms with E-state index in [1.165, 1.54) is 64.1 Å². The smallest absolute Gasteiger partial charge is 0.207 e. The van der Waals surface area contributed by atoms with Gasteiger partial charge in [0.1, 0.15) is 11.6 Å². The van der Waals surface area contributed by atoms with Crippen LogP contribution in [0.4, 0.5) is 167 Å². The zero-order valence-electron chi connectivity index (χ0n) is 56.1. The van der Waals surface area contributed by atoms with Gasteiger partial charge in [-0.05, 0) is 191 Å². The fourth-order valence-corrected chi connectivity index (χ4v) is 8.30. The van der Waals surface area contributed by atoms with Crippen molar-refractivity contribution in [3.63, 3.8) is 0 Å². The van der Waals surface area contributed by atoms with E-state index in [0.717, 1.165) is 82.3 Å². The van der Waals surface area contributed by atoms with Gasteiger partial charge in [-0.25, -0.2) is 8.78 Å². The Kier molecular flexibility index (Phi) is 33.2. The second kappa shape index (κ2) is 37.2. The molecule has 0 atom stereocenters. The summed E-state index contributed by atoms with van der Waals surface area (Å²) in [6.07, 6.45) is -55.9. The van der Waals surface area contributed by atoms with E-state index in [-0.39, 0.29) is 79.9 Å². The zero-order chi connectivity index (χ0) is 86.2. The molecule has 2 nitrogen and oxygen atoms in total. The highest BCUT2D eigenvalue weighted by Gasteiger charge is 2.43. The van der Waals surface area contributed by atoms with Crippen molar-refractivity contribution in [2.24, 2.45) is 0 Å². The number of alkyl halides is 36. The second-order valence-corrected chi connectivity index (χ2v) is 22.3. The molecular formula is C70H48F38N2. The van der Waals surface area contributed by atoms with Crippen LogP contribution < -0.4 is 0 Å². The molecule has 8 aromatic rings. The van der Waals surface area contributed by atoms with E-state index in [9.17, 15) is 167 Å². The normalized spacial score (nSPS) is 12.3. The van der Waals surface area contributed by atoms with Gasteiger partial charge < -0.3 is 0 Å². The Morgan fingerprint density at radius 1 is 0.209 bits per heavy atom. The Bertz CT molecular complexity index is 4040. The Balaban J connectivity index is 0.000000629. The lowest BCUT2D eigenvalue weighted by molar-refractivity contribution is -0.145. The summed E-state index contributed by atoms with van der Waals surface area (Å²) in [7, 11) is 0. The maximum atomic E-state index is 12.6. The van der Waals surface area contributed by atoms with Crippen LogP contribution in [0.2, 0.25) is 0 Å². The SMILES string of the molecule is Cc1ccc(C#N)cc1C(F)(F)F.Cc1ccc(C#N)cc1C(F)(F)F.Cc1ccc(C(F)(F)F)cc1C(F)(F)F.Cc1ccc(C(F)(F)F)cc1C(F)(F)F.Cc1ccc(C(F)(F)F)cc1C(F)(F)F.Cc1ccc(C(F)(F)F)cc1C(F)(F)F.Cc1ccc(F)cc1C(F)(F)F.Cc1cccc(F)c1C(F)(F)F. The van der Waals surface area contributed by atoms with Crippen molar-refractivity contribution in [1.29, 1.82) is 10.5 Å². The first-order valence-corrected chi connectivity index (χ1v) is 29.0. The van der Waals surface area contributed by atoms with Gasteiger partial charge >= 0.3 is 74.1 Å². The van der Waals surface area contributed by atoms with E-state index in [1.54, 1.807) is 12.1 Å². The highest BCUT2D eigenvalue weighted by molar-refractivity contribution is 5.42. The van der Waals surface area contributed by atoms with E-state index in [2.05, 4.69) is 0 Å². The summed E-state index contributed by atoms with van der Waals surface area (Å²) in [6, 6.07) is 22.5. The minimum Gasteiger partial charge on any atom is -0.207 e. The number of benzene rings is 8. The average Bonchev–Trinajstić information content (AvgIpc) is 0.823. The number of aryl methyl sites for hydroxylation is 8. The van der Waals surface area contributed by atoms with E-state index in [1.807, 2.05) is 0 Å². The average molecular weight is 1640 g/mol. The predicted octanol–water partition coefficient (Wildman–Crippen LogP) is 28.2. The van der Waals surface area contributed by atoms with Crippen LogP contribution in [0, 0.1) is 89.7 Å². The summed E-state index contributed by atoms with van der Waals surface area (Å²) in [5.41, 5.74) is -14.4. The lowest BCUT2D eigenvalue weighted by atomic mass is 10.0. The van der Waals surface area contributed by atoms with Crippen LogP contribution in [0.3, 0.4) is 0 Å². The number of nitrogens with zero attached hydrogens (tertiary/aromatic N) is 2. The molecule has 110 heavy (non-hydrogen) atoms. The van der Waals surface area contributed by atoms with E-state index >= 15 is 0 Å². The standard InChI is InChI=1S/4C9H6F6.2C9H6F3N.2C8H6F4/c4*1-5-2-3-6(8(10,11)12)4-7(5)9(13,14)15;2*1-6-2-3-7(5-13)4-8(6)9(10,11)12;1-5-2-3-6(9)4-7(5)8(10,11)12;1-5-3-2-4-6(9)7(5)8(10,11)12/h4*2-4H,1H3;2*2-4H,1H3;2*2-4H,1H3. The molecule has 0 amide bonds. The number of halogens is 38. The minimum absolute atomic E-state index is 0.0259. The van der Waals surface area contributed by atoms with Gasteiger partial charge in [0.15, 0.2) is 0 Å². The molecule has 604 valence electrons. The van der Waals surface area contributed by atoms with Gasteiger partial charge in [0.25, 0.3) is 0 Å². The maximum Gasteiger partial charge on any atom is 0.419 e. The van der Waals surface area contributed by atoms with Crippen LogP contribution >= 0.6 is 0 Å². The largest absolute Gasteiger partial charge is 0.419 e. The van der Waals surface area contributed by atoms with Gasteiger partial charge in [-0.2, -0.15) is 169 Å². The Hall–Kier alpha value is -9.92. The summed E-state index contributed by atoms with van der Waals surface area (Å²) in [4.78, 5) is 0. The highest BCUT2D eigenvalue weighted by Crippen LogP contribution is 2.43. The van der Waals surface area contributed by atoms with Crippen molar-refractivity contribution in [3.8, 4) is 12.1 Å². The van der Waals surface area contributed by atoms with Crippen molar-refractivity contribution in [3.05, 3.63) is 280 Å². The molecule has 0 aliphatic heterocycles. The highest BCUT2D eigenvalue weighted by atomic mass is 19.5. The molecule has 0 spiro atoms. The van der Waals surface area contributed by atoms with Crippen molar-refractivity contribution >= 4 is 0 Å². The van der Waals surface area contributed by atoms with Crippen molar-refractivity contribution in [1.82, 2.24) is 0 Å². The van der Waals surface area contributed by atoms with Gasteiger partial charge in [0.05, 0.1) is 90.0 Å². The first kappa shape index (κ1) is 98.1. The van der Waals surface area contributed by atoms with Crippen molar-refractivity contribution in [2.45, 2.75) is 130 Å². The minimum atomic E-state index is -4.76. The molecule has 0 heterocycles. The molecule has 40 heteroatoms. The lowest BCUT2D eigenvalue weighted by Gasteiger charge is -2.13. The molecule has 0 radical (unpaired) electrons. The van der Waals surface area contributed by atoms with Crippen LogP contribution in [0.5, 0.6) is 0 Å². The predicted molar refractivity (Wildman–Crippen MR) is 319 cm³/mol. The number of hydrogen-bond donors (Lipinski definition) is 0. The van der Waals surface area contributed by atoms with E-state index < -0.39 is 153 Å². The van der Waals surface area contributed by atoms with Gasteiger partial charge in [-0.15, -0.1) is 0 Å². The van der Waals surface area contributed by atoms with Gasteiger partial charge in [0, 0.05) is 0 Å². The second-order valence-electron chi connectivity index (χ2n) is 22.3. The van der Waals surface area contributed by atoms with E-state index in [4.69, 9.17) is 10.5 Å². The molecule has 0 unspecified atom stereocenters. The summed E-state index contributed by atoms with van der Waals surface area (Å²) in [6.45, 7) is 9.71. The van der Waals surface area contributed by atoms with Gasteiger partial charge in [-0.3, -0.25) is 0 Å². The summed E-state index contributed by atoms with van der Waals surface area (Å²) in [5.74, 6) is -2.09. The van der Waals surface area contributed by atoms with Crippen LogP contribution in [0.15, 0.2) is 146 Å². The molecule has 0 saturated carbocycles. The molecule has 0 fully saturated rings. The van der Waals surface area contributed by atoms with Crippen LogP contribution in [0.25, 0.3) is 0 Å². The van der Waals surface area contributed by atoms with Gasteiger partial charge in [0.2, 0.25) is 0 Å². The van der Waals surface area contributed by atoms with E-state index in [0.29, 0.717) is 30.3 Å². The molecule has 8 aromatic carbocycles. The Morgan fingerprint density at radius 3 is 0.582 bits per heavy atom. The van der Waals surface area contributed by atoms with Crippen LogP contribution in [0.1, 0.15) is 122 Å². The third kappa shape index (κ3) is 31.6. The Labute approximate surface area is 597 Å². The third-order valence-electron chi connectivity index (χ3n) is 13.8. The number of nitriles is 2. The molecule has 0 N–H and O–H groups in total. The first-order valence-electron chi connectivity index (χ1n) is 29.0. The summed E-state index contributed by atoms with van der Waals surface area (Å²) < 4.78 is 463. The number of rotatable bonds is 0. The first-order chi connectivity index (χ1) is 49.2. The Morgan fingerprint density at radius 2 is 0.409 bits per heavy atom. The third-order valence-corrected chi connectivity index (χ3v) is 13.8. The molecule has 0 bridgehead atoms. The quantitative estimate of drug-likeness (QED) is 0.142. The zero-order valence-corrected chi connectivity index (χ0v) is 56.1. The van der Waals surface area contributed by atoms with Crippen molar-refractivity contribution in [2.75, 3.05) is 0 Å². The lowest BCUT2D eigenvalue weighted by Crippen LogP contribution is -2.12. The van der Waals surface area contributed by atoms with Crippen LogP contribution in [-0.4, -0.2) is 0 Å². The fraction of sp³-hybridized carbons (Fsp3) is 0.286. The maximum absolute atomic E-state index is 12.6.